The van der Waals surface area contributed by atoms with Gasteiger partial charge >= 0.3 is 0 Å². The first-order chi connectivity index (χ1) is 11.1. The van der Waals surface area contributed by atoms with Crippen LogP contribution < -0.4 is 0 Å². The van der Waals surface area contributed by atoms with Crippen molar-refractivity contribution in [1.82, 2.24) is 9.88 Å². The van der Waals surface area contributed by atoms with Crippen LogP contribution in [0.15, 0.2) is 41.3 Å². The van der Waals surface area contributed by atoms with Gasteiger partial charge in [-0.15, -0.1) is 11.8 Å². The summed E-state index contributed by atoms with van der Waals surface area (Å²) in [6, 6.07) is 10.9. The van der Waals surface area contributed by atoms with E-state index in [1.54, 1.807) is 11.0 Å². The molecule has 1 heterocycles. The van der Waals surface area contributed by atoms with Crippen LogP contribution in [0.3, 0.4) is 0 Å². The maximum absolute atomic E-state index is 12.4. The minimum Gasteiger partial charge on any atom is -0.338 e. The molecule has 2 rings (SSSR count). The molecule has 0 spiro atoms. The summed E-state index contributed by atoms with van der Waals surface area (Å²) >= 11 is 13.9. The van der Waals surface area contributed by atoms with Crippen LogP contribution in [0.5, 0.6) is 0 Å². The first-order valence-corrected chi connectivity index (χ1v) is 9.13. The Hall–Kier alpha value is -1.23. The van der Waals surface area contributed by atoms with Crippen LogP contribution in [0.25, 0.3) is 0 Å². The van der Waals surface area contributed by atoms with E-state index in [1.165, 1.54) is 11.8 Å². The average molecular weight is 369 g/mol. The Morgan fingerprint density at radius 1 is 1.09 bits per heavy atom. The van der Waals surface area contributed by atoms with Crippen LogP contribution in [0, 0.1) is 0 Å². The standard InChI is InChI=1S/C17H18Cl2N2OS/c1-3-21(4-2)17(22)15-10-5-7-12(20-15)11-23-16-13(18)8-6-9-14(16)19/h5-10H,3-4,11H2,1-2H3. The van der Waals surface area contributed by atoms with Gasteiger partial charge in [-0.1, -0.05) is 35.3 Å². The van der Waals surface area contributed by atoms with E-state index in [0.717, 1.165) is 10.6 Å². The van der Waals surface area contributed by atoms with E-state index >= 15 is 0 Å². The van der Waals surface area contributed by atoms with Crippen LogP contribution in [0.4, 0.5) is 0 Å². The van der Waals surface area contributed by atoms with Gasteiger partial charge in [-0.05, 0) is 38.1 Å². The molecule has 0 aliphatic rings. The molecule has 0 N–H and O–H groups in total. The van der Waals surface area contributed by atoms with Crippen molar-refractivity contribution in [2.45, 2.75) is 24.5 Å². The summed E-state index contributed by atoms with van der Waals surface area (Å²) in [4.78, 5) is 19.4. The van der Waals surface area contributed by atoms with Gasteiger partial charge in [0.2, 0.25) is 0 Å². The number of carbonyl (C=O) groups is 1. The molecule has 0 aliphatic carbocycles. The summed E-state index contributed by atoms with van der Waals surface area (Å²) in [7, 11) is 0. The number of nitrogens with zero attached hydrogens (tertiary/aromatic N) is 2. The molecule has 0 saturated heterocycles. The zero-order valence-corrected chi connectivity index (χ0v) is 15.4. The molecular weight excluding hydrogens is 351 g/mol. The van der Waals surface area contributed by atoms with Crippen molar-refractivity contribution in [1.29, 1.82) is 0 Å². The second-order valence-corrected chi connectivity index (χ2v) is 6.63. The number of aromatic nitrogens is 1. The van der Waals surface area contributed by atoms with Gasteiger partial charge in [0.15, 0.2) is 0 Å². The fourth-order valence-electron chi connectivity index (χ4n) is 2.12. The van der Waals surface area contributed by atoms with Crippen molar-refractivity contribution in [3.63, 3.8) is 0 Å². The van der Waals surface area contributed by atoms with Crippen molar-refractivity contribution >= 4 is 40.9 Å². The highest BCUT2D eigenvalue weighted by molar-refractivity contribution is 7.98. The van der Waals surface area contributed by atoms with Gasteiger partial charge in [0.05, 0.1) is 15.7 Å². The lowest BCUT2D eigenvalue weighted by molar-refractivity contribution is 0.0767. The molecule has 1 amide bonds. The second-order valence-electron chi connectivity index (χ2n) is 4.83. The molecule has 3 nitrogen and oxygen atoms in total. The monoisotopic (exact) mass is 368 g/mol. The zero-order chi connectivity index (χ0) is 16.8. The maximum Gasteiger partial charge on any atom is 0.272 e. The number of carbonyl (C=O) groups excluding carboxylic acids is 1. The largest absolute Gasteiger partial charge is 0.338 e. The van der Waals surface area contributed by atoms with E-state index in [4.69, 9.17) is 23.2 Å². The quantitative estimate of drug-likeness (QED) is 0.659. The zero-order valence-electron chi connectivity index (χ0n) is 13.1. The van der Waals surface area contributed by atoms with Crippen LogP contribution >= 0.6 is 35.0 Å². The number of benzene rings is 1. The minimum atomic E-state index is -0.0439. The predicted molar refractivity (Wildman–Crippen MR) is 97.5 cm³/mol. The Morgan fingerprint density at radius 2 is 1.70 bits per heavy atom. The highest BCUT2D eigenvalue weighted by Crippen LogP contribution is 2.35. The number of hydrogen-bond donors (Lipinski definition) is 0. The Kier molecular flexibility index (Phi) is 6.75. The summed E-state index contributed by atoms with van der Waals surface area (Å²) in [6.45, 7) is 5.26. The van der Waals surface area contributed by atoms with Gasteiger partial charge in [0, 0.05) is 23.7 Å². The molecule has 0 atom stereocenters. The molecule has 6 heteroatoms. The van der Waals surface area contributed by atoms with Crippen molar-refractivity contribution < 1.29 is 4.79 Å². The van der Waals surface area contributed by atoms with Crippen LogP contribution in [0.1, 0.15) is 30.0 Å². The lowest BCUT2D eigenvalue weighted by Gasteiger charge is -2.18. The summed E-state index contributed by atoms with van der Waals surface area (Å²) in [5.74, 6) is 0.556. The fourth-order valence-corrected chi connectivity index (χ4v) is 3.71. The van der Waals surface area contributed by atoms with Crippen LogP contribution in [-0.4, -0.2) is 28.9 Å². The molecule has 0 saturated carbocycles. The van der Waals surface area contributed by atoms with E-state index in [2.05, 4.69) is 4.98 Å². The highest BCUT2D eigenvalue weighted by atomic mass is 35.5. The number of rotatable bonds is 6. The SMILES string of the molecule is CCN(CC)C(=O)c1cccc(CSc2c(Cl)cccc2Cl)n1. The average Bonchev–Trinajstić information content (AvgIpc) is 2.55. The minimum absolute atomic E-state index is 0.0439. The topological polar surface area (TPSA) is 33.2 Å². The fraction of sp³-hybridized carbons (Fsp3) is 0.294. The third-order valence-corrected chi connectivity index (χ3v) is 5.38. The first kappa shape index (κ1) is 18.1. The van der Waals surface area contributed by atoms with Crippen molar-refractivity contribution in [2.24, 2.45) is 0 Å². The predicted octanol–water partition coefficient (Wildman–Crippen LogP) is 5.16. The van der Waals surface area contributed by atoms with E-state index in [-0.39, 0.29) is 5.91 Å². The van der Waals surface area contributed by atoms with Gasteiger partial charge < -0.3 is 4.90 Å². The molecule has 0 radical (unpaired) electrons. The maximum atomic E-state index is 12.4. The van der Waals surface area contributed by atoms with E-state index in [9.17, 15) is 4.79 Å². The van der Waals surface area contributed by atoms with Gasteiger partial charge in [-0.3, -0.25) is 4.79 Å². The molecular formula is C17H18Cl2N2OS. The molecule has 0 bridgehead atoms. The van der Waals surface area contributed by atoms with E-state index < -0.39 is 0 Å². The Bertz CT molecular complexity index is 670. The summed E-state index contributed by atoms with van der Waals surface area (Å²) in [6.07, 6.45) is 0. The smallest absolute Gasteiger partial charge is 0.272 e. The van der Waals surface area contributed by atoms with Crippen LogP contribution in [-0.2, 0) is 5.75 Å². The molecule has 122 valence electrons. The lowest BCUT2D eigenvalue weighted by atomic mass is 10.3. The number of amides is 1. The number of thioether (sulfide) groups is 1. The third kappa shape index (κ3) is 4.63. The number of hydrogen-bond acceptors (Lipinski definition) is 3. The Morgan fingerprint density at radius 3 is 2.30 bits per heavy atom. The summed E-state index contributed by atoms with van der Waals surface area (Å²) in [5, 5.41) is 1.25. The third-order valence-electron chi connectivity index (χ3n) is 3.36. The summed E-state index contributed by atoms with van der Waals surface area (Å²) < 4.78 is 0. The van der Waals surface area contributed by atoms with Crippen molar-refractivity contribution in [3.8, 4) is 0 Å². The van der Waals surface area contributed by atoms with Gasteiger partial charge in [0.1, 0.15) is 5.69 Å². The van der Waals surface area contributed by atoms with Crippen LogP contribution in [0.2, 0.25) is 10.0 Å². The molecule has 1 aromatic heterocycles. The van der Waals surface area contributed by atoms with Gasteiger partial charge in [-0.25, -0.2) is 4.98 Å². The second kappa shape index (κ2) is 8.57. The number of halogens is 2. The molecule has 23 heavy (non-hydrogen) atoms. The Labute approximate surface area is 151 Å². The summed E-state index contributed by atoms with van der Waals surface area (Å²) in [5.41, 5.74) is 1.29. The van der Waals surface area contributed by atoms with Gasteiger partial charge in [0.25, 0.3) is 5.91 Å². The Balaban J connectivity index is 2.13. The number of pyridine rings is 1. The van der Waals surface area contributed by atoms with Crippen molar-refractivity contribution in [3.05, 3.63) is 57.8 Å². The molecule has 0 fully saturated rings. The van der Waals surface area contributed by atoms with E-state index in [0.29, 0.717) is 34.6 Å². The van der Waals surface area contributed by atoms with Crippen molar-refractivity contribution in [2.75, 3.05) is 13.1 Å². The normalized spacial score (nSPS) is 10.6. The molecule has 2 aromatic rings. The first-order valence-electron chi connectivity index (χ1n) is 7.38. The van der Waals surface area contributed by atoms with Gasteiger partial charge in [-0.2, -0.15) is 0 Å². The molecule has 0 aliphatic heterocycles. The van der Waals surface area contributed by atoms with E-state index in [1.807, 2.05) is 44.2 Å². The molecule has 0 unspecified atom stereocenters. The highest BCUT2D eigenvalue weighted by Gasteiger charge is 2.14. The lowest BCUT2D eigenvalue weighted by Crippen LogP contribution is -2.31. The molecule has 1 aromatic carbocycles.